The molecule has 2 unspecified atom stereocenters. The van der Waals surface area contributed by atoms with Crippen molar-refractivity contribution in [2.24, 2.45) is 0 Å². The number of aryl methyl sites for hydroxylation is 1. The van der Waals surface area contributed by atoms with Gasteiger partial charge in [0.2, 0.25) is 0 Å². The van der Waals surface area contributed by atoms with Crippen LogP contribution in [0.3, 0.4) is 0 Å². The van der Waals surface area contributed by atoms with Gasteiger partial charge in [-0.05, 0) is 55.6 Å². The minimum atomic E-state index is -0.134. The maximum Gasteiger partial charge on any atom is 0.305 e. The van der Waals surface area contributed by atoms with Crippen molar-refractivity contribution in [3.8, 4) is 0 Å². The van der Waals surface area contributed by atoms with E-state index in [2.05, 4.69) is 29.0 Å². The lowest BCUT2D eigenvalue weighted by Crippen LogP contribution is -2.09. The second-order valence-corrected chi connectivity index (χ2v) is 6.40. The standard InChI is InChI=1S/C19H28O3/c1-22-19(21)9-5-2-6-15-10-12-16(13-11-15)17-7-3-4-8-18(20)14-17/h10-13,17-18,20H,2-9,14H2,1H3. The first kappa shape index (κ1) is 17.0. The molecule has 2 rings (SSSR count). The molecule has 1 N–H and O–H groups in total. The van der Waals surface area contributed by atoms with Gasteiger partial charge >= 0.3 is 5.97 Å². The molecule has 3 nitrogen and oxygen atoms in total. The van der Waals surface area contributed by atoms with Crippen molar-refractivity contribution in [3.63, 3.8) is 0 Å². The van der Waals surface area contributed by atoms with Gasteiger partial charge in [-0.1, -0.05) is 37.1 Å². The Labute approximate surface area is 133 Å². The van der Waals surface area contributed by atoms with Gasteiger partial charge in [-0.2, -0.15) is 0 Å². The predicted molar refractivity (Wildman–Crippen MR) is 87.8 cm³/mol. The Bertz CT molecular complexity index is 452. The molecule has 3 heteroatoms. The Hall–Kier alpha value is -1.35. The Morgan fingerprint density at radius 1 is 1.18 bits per heavy atom. The van der Waals surface area contributed by atoms with E-state index in [4.69, 9.17) is 0 Å². The van der Waals surface area contributed by atoms with Gasteiger partial charge in [0.1, 0.15) is 0 Å². The molecule has 0 spiro atoms. The van der Waals surface area contributed by atoms with E-state index in [0.717, 1.165) is 38.5 Å². The zero-order chi connectivity index (χ0) is 15.8. The first-order valence-electron chi connectivity index (χ1n) is 8.52. The molecule has 122 valence electrons. The third-order valence-electron chi connectivity index (χ3n) is 4.67. The number of hydrogen-bond donors (Lipinski definition) is 1. The van der Waals surface area contributed by atoms with Crippen molar-refractivity contribution in [3.05, 3.63) is 35.4 Å². The van der Waals surface area contributed by atoms with Crippen LogP contribution in [0.2, 0.25) is 0 Å². The first-order chi connectivity index (χ1) is 10.7. The molecule has 0 amide bonds. The molecule has 2 atom stereocenters. The van der Waals surface area contributed by atoms with Gasteiger partial charge < -0.3 is 9.84 Å². The number of methoxy groups -OCH3 is 1. The number of benzene rings is 1. The molecular formula is C19H28O3. The lowest BCUT2D eigenvalue weighted by atomic mass is 9.90. The number of hydrogen-bond acceptors (Lipinski definition) is 3. The van der Waals surface area contributed by atoms with Crippen molar-refractivity contribution < 1.29 is 14.6 Å². The number of rotatable bonds is 6. The van der Waals surface area contributed by atoms with Crippen molar-refractivity contribution in [1.29, 1.82) is 0 Å². The van der Waals surface area contributed by atoms with Gasteiger partial charge in [-0.3, -0.25) is 4.79 Å². The zero-order valence-corrected chi connectivity index (χ0v) is 13.6. The fourth-order valence-electron chi connectivity index (χ4n) is 3.29. The summed E-state index contributed by atoms with van der Waals surface area (Å²) in [4.78, 5) is 11.1. The molecule has 1 aliphatic rings. The van der Waals surface area contributed by atoms with Crippen molar-refractivity contribution in [2.75, 3.05) is 7.11 Å². The van der Waals surface area contributed by atoms with Gasteiger partial charge in [0.25, 0.3) is 0 Å². The van der Waals surface area contributed by atoms with Crippen LogP contribution < -0.4 is 0 Å². The average molecular weight is 304 g/mol. The maximum atomic E-state index is 11.1. The van der Waals surface area contributed by atoms with Crippen LogP contribution in [-0.4, -0.2) is 24.3 Å². The number of aliphatic hydroxyl groups excluding tert-OH is 1. The number of unbranched alkanes of at least 4 members (excludes halogenated alkanes) is 1. The summed E-state index contributed by atoms with van der Waals surface area (Å²) in [7, 11) is 1.44. The second kappa shape index (κ2) is 8.94. The highest BCUT2D eigenvalue weighted by atomic mass is 16.5. The second-order valence-electron chi connectivity index (χ2n) is 6.40. The van der Waals surface area contributed by atoms with E-state index < -0.39 is 0 Å². The van der Waals surface area contributed by atoms with E-state index in [1.165, 1.54) is 31.1 Å². The molecule has 22 heavy (non-hydrogen) atoms. The molecule has 0 heterocycles. The summed E-state index contributed by atoms with van der Waals surface area (Å²) in [6.45, 7) is 0. The van der Waals surface area contributed by atoms with Gasteiger partial charge in [-0.15, -0.1) is 0 Å². The highest BCUT2D eigenvalue weighted by Crippen LogP contribution is 2.32. The molecule has 1 aromatic carbocycles. The number of carbonyl (C=O) groups is 1. The van der Waals surface area contributed by atoms with Crippen LogP contribution in [0.5, 0.6) is 0 Å². The smallest absolute Gasteiger partial charge is 0.305 e. The molecule has 0 saturated heterocycles. The Morgan fingerprint density at radius 3 is 2.64 bits per heavy atom. The van der Waals surface area contributed by atoms with E-state index in [1.807, 2.05) is 0 Å². The predicted octanol–water partition coefficient (Wildman–Crippen LogP) is 3.98. The van der Waals surface area contributed by atoms with Gasteiger partial charge in [-0.25, -0.2) is 0 Å². The largest absolute Gasteiger partial charge is 0.469 e. The number of esters is 1. The summed E-state index contributed by atoms with van der Waals surface area (Å²) in [6, 6.07) is 8.84. The fraction of sp³-hybridized carbons (Fsp3) is 0.632. The van der Waals surface area contributed by atoms with Crippen LogP contribution in [0, 0.1) is 0 Å². The lowest BCUT2D eigenvalue weighted by molar-refractivity contribution is -0.140. The van der Waals surface area contributed by atoms with Gasteiger partial charge in [0.05, 0.1) is 13.2 Å². The van der Waals surface area contributed by atoms with Crippen LogP contribution in [0.4, 0.5) is 0 Å². The SMILES string of the molecule is COC(=O)CCCCc1ccc(C2CCCCC(O)C2)cc1. The summed E-state index contributed by atoms with van der Waals surface area (Å²) in [5.74, 6) is 0.383. The van der Waals surface area contributed by atoms with Crippen molar-refractivity contribution in [2.45, 2.75) is 69.8 Å². The Kier molecular flexibility index (Phi) is 6.91. The summed E-state index contributed by atoms with van der Waals surface area (Å²) in [6.07, 6.45) is 8.68. The highest BCUT2D eigenvalue weighted by Gasteiger charge is 2.19. The van der Waals surface area contributed by atoms with Gasteiger partial charge in [0.15, 0.2) is 0 Å². The highest BCUT2D eigenvalue weighted by molar-refractivity contribution is 5.68. The Balaban J connectivity index is 1.80. The monoisotopic (exact) mass is 304 g/mol. The fourth-order valence-corrected chi connectivity index (χ4v) is 3.29. The average Bonchev–Trinajstić information content (AvgIpc) is 2.76. The van der Waals surface area contributed by atoms with Crippen molar-refractivity contribution in [1.82, 2.24) is 0 Å². The summed E-state index contributed by atoms with van der Waals surface area (Å²) in [5, 5.41) is 9.95. The van der Waals surface area contributed by atoms with Crippen LogP contribution in [-0.2, 0) is 16.0 Å². The number of carbonyl (C=O) groups excluding carboxylic acids is 1. The topological polar surface area (TPSA) is 46.5 Å². The Morgan fingerprint density at radius 2 is 1.91 bits per heavy atom. The van der Waals surface area contributed by atoms with Crippen LogP contribution in [0.15, 0.2) is 24.3 Å². The number of ether oxygens (including phenoxy) is 1. The molecule has 1 aliphatic carbocycles. The minimum Gasteiger partial charge on any atom is -0.469 e. The minimum absolute atomic E-state index is 0.123. The molecule has 0 bridgehead atoms. The van der Waals surface area contributed by atoms with Crippen molar-refractivity contribution >= 4 is 5.97 Å². The van der Waals surface area contributed by atoms with E-state index in [9.17, 15) is 9.90 Å². The molecule has 1 saturated carbocycles. The molecule has 0 radical (unpaired) electrons. The molecular weight excluding hydrogens is 276 g/mol. The molecule has 0 aliphatic heterocycles. The summed E-state index contributed by atoms with van der Waals surface area (Å²) >= 11 is 0. The maximum absolute atomic E-state index is 11.1. The molecule has 1 fully saturated rings. The summed E-state index contributed by atoms with van der Waals surface area (Å²) < 4.78 is 4.64. The molecule has 1 aromatic rings. The lowest BCUT2D eigenvalue weighted by Gasteiger charge is -2.17. The van der Waals surface area contributed by atoms with E-state index in [1.54, 1.807) is 0 Å². The normalized spacial score (nSPS) is 22.1. The third kappa shape index (κ3) is 5.45. The zero-order valence-electron chi connectivity index (χ0n) is 13.6. The number of aliphatic hydroxyl groups is 1. The summed E-state index contributed by atoms with van der Waals surface area (Å²) in [5.41, 5.74) is 2.68. The van der Waals surface area contributed by atoms with Crippen LogP contribution in [0.25, 0.3) is 0 Å². The van der Waals surface area contributed by atoms with Gasteiger partial charge in [0, 0.05) is 6.42 Å². The van der Waals surface area contributed by atoms with Crippen LogP contribution in [0.1, 0.15) is 68.4 Å². The first-order valence-corrected chi connectivity index (χ1v) is 8.52. The van der Waals surface area contributed by atoms with E-state index >= 15 is 0 Å². The van der Waals surface area contributed by atoms with Crippen LogP contribution >= 0.6 is 0 Å². The third-order valence-corrected chi connectivity index (χ3v) is 4.67. The van der Waals surface area contributed by atoms with E-state index in [-0.39, 0.29) is 12.1 Å². The quantitative estimate of drug-likeness (QED) is 0.491. The van der Waals surface area contributed by atoms with E-state index in [0.29, 0.717) is 12.3 Å². The molecule has 0 aromatic heterocycles.